The quantitative estimate of drug-likeness (QED) is 0.716. The van der Waals surface area contributed by atoms with Crippen LogP contribution in [0.5, 0.6) is 0 Å². The molecule has 0 aliphatic rings. The summed E-state index contributed by atoms with van der Waals surface area (Å²) < 4.78 is 0. The van der Waals surface area contributed by atoms with E-state index in [0.717, 1.165) is 11.1 Å². The van der Waals surface area contributed by atoms with Crippen LogP contribution in [0.3, 0.4) is 0 Å². The van der Waals surface area contributed by atoms with E-state index in [1.807, 2.05) is 65.2 Å². The van der Waals surface area contributed by atoms with E-state index in [1.54, 1.807) is 17.0 Å². The molecule has 0 fully saturated rings. The van der Waals surface area contributed by atoms with Gasteiger partial charge >= 0.3 is 0 Å². The Bertz CT molecular complexity index is 832. The van der Waals surface area contributed by atoms with Gasteiger partial charge in [-0.25, -0.2) is 0 Å². The number of rotatable bonds is 7. The number of nitrogens with zero attached hydrogens (tertiary/aromatic N) is 1. The molecule has 0 aromatic heterocycles. The number of benzene rings is 2. The average Bonchev–Trinajstić information content (AvgIpc) is 2.58. The highest BCUT2D eigenvalue weighted by molar-refractivity contribution is 6.30. The molecule has 0 saturated heterocycles. The van der Waals surface area contributed by atoms with Crippen molar-refractivity contribution >= 4 is 34.8 Å². The minimum absolute atomic E-state index is 0.0952. The number of amides is 2. The van der Waals surface area contributed by atoms with E-state index in [0.29, 0.717) is 16.4 Å². The van der Waals surface area contributed by atoms with Gasteiger partial charge in [0.25, 0.3) is 0 Å². The topological polar surface area (TPSA) is 61.4 Å². The lowest BCUT2D eigenvalue weighted by atomic mass is 9.87. The van der Waals surface area contributed by atoms with Crippen LogP contribution in [0.25, 0.3) is 0 Å². The number of halogens is 1. The number of aryl methyl sites for hydroxylation is 1. The lowest BCUT2D eigenvalue weighted by Crippen LogP contribution is -2.28. The van der Waals surface area contributed by atoms with Crippen LogP contribution >= 0.6 is 11.6 Å². The summed E-state index contributed by atoms with van der Waals surface area (Å²) in [6.07, 6.45) is 0. The number of hydrogen-bond donors (Lipinski definition) is 2. The molecule has 5 nitrogen and oxygen atoms in total. The molecule has 6 heteroatoms. The second-order valence-corrected chi connectivity index (χ2v) is 8.03. The first-order chi connectivity index (χ1) is 13.2. The van der Waals surface area contributed by atoms with E-state index < -0.39 is 0 Å². The number of carbonyl (C=O) groups excluding carboxylic acids is 2. The summed E-state index contributed by atoms with van der Waals surface area (Å²) in [5.41, 5.74) is 3.08. The fourth-order valence-electron chi connectivity index (χ4n) is 3.07. The van der Waals surface area contributed by atoms with E-state index in [2.05, 4.69) is 10.6 Å². The van der Waals surface area contributed by atoms with Crippen LogP contribution < -0.4 is 10.6 Å². The van der Waals surface area contributed by atoms with Crippen molar-refractivity contribution in [2.75, 3.05) is 31.3 Å². The number of likely N-dealkylation sites (N-methyl/N-ethyl adjacent to an activating group) is 1. The first-order valence-electron chi connectivity index (χ1n) is 9.29. The maximum atomic E-state index is 13.1. The highest BCUT2D eigenvalue weighted by atomic mass is 35.5. The largest absolute Gasteiger partial charge is 0.324 e. The number of hydrogen-bond acceptors (Lipinski definition) is 3. The maximum absolute atomic E-state index is 13.1. The molecule has 1 unspecified atom stereocenters. The molecule has 2 aromatic rings. The third-order valence-corrected chi connectivity index (χ3v) is 4.60. The Morgan fingerprint density at radius 1 is 1.00 bits per heavy atom. The van der Waals surface area contributed by atoms with Crippen LogP contribution in [0.1, 0.15) is 30.9 Å². The number of carbonyl (C=O) groups is 2. The maximum Gasteiger partial charge on any atom is 0.238 e. The molecule has 0 aliphatic heterocycles. The SMILES string of the molecule is Cc1ccc(NC(=O)CN(C)C)c(NC(=O)C(c2ccc(Cl)cc2)C(C)C)c1. The van der Waals surface area contributed by atoms with Crippen LogP contribution in [0.15, 0.2) is 42.5 Å². The molecule has 2 aromatic carbocycles. The van der Waals surface area contributed by atoms with Crippen LogP contribution in [0.4, 0.5) is 11.4 Å². The molecule has 2 amide bonds. The van der Waals surface area contributed by atoms with Gasteiger partial charge < -0.3 is 15.5 Å². The Labute approximate surface area is 172 Å². The Morgan fingerprint density at radius 3 is 2.21 bits per heavy atom. The predicted molar refractivity (Wildman–Crippen MR) is 116 cm³/mol. The lowest BCUT2D eigenvalue weighted by molar-refractivity contribution is -0.118. The minimum atomic E-state index is -0.330. The monoisotopic (exact) mass is 401 g/mol. The van der Waals surface area contributed by atoms with Crippen molar-refractivity contribution in [3.05, 3.63) is 58.6 Å². The Hall–Kier alpha value is -2.37. The van der Waals surface area contributed by atoms with Crippen LogP contribution in [-0.4, -0.2) is 37.4 Å². The molecule has 2 N–H and O–H groups in total. The molecule has 0 radical (unpaired) electrons. The van der Waals surface area contributed by atoms with Crippen molar-refractivity contribution in [1.29, 1.82) is 0 Å². The summed E-state index contributed by atoms with van der Waals surface area (Å²) >= 11 is 5.98. The van der Waals surface area contributed by atoms with Crippen molar-refractivity contribution in [3.63, 3.8) is 0 Å². The Morgan fingerprint density at radius 2 is 1.64 bits per heavy atom. The molecular formula is C22H28ClN3O2. The van der Waals surface area contributed by atoms with Crippen molar-refractivity contribution in [2.45, 2.75) is 26.7 Å². The molecule has 28 heavy (non-hydrogen) atoms. The summed E-state index contributed by atoms with van der Waals surface area (Å²) in [6, 6.07) is 12.9. The highest BCUT2D eigenvalue weighted by Gasteiger charge is 2.25. The van der Waals surface area contributed by atoms with Gasteiger partial charge in [-0.1, -0.05) is 43.6 Å². The molecule has 1 atom stereocenters. The zero-order valence-corrected chi connectivity index (χ0v) is 17.8. The van der Waals surface area contributed by atoms with Gasteiger partial charge in [-0.05, 0) is 62.3 Å². The van der Waals surface area contributed by atoms with Crippen molar-refractivity contribution < 1.29 is 9.59 Å². The smallest absolute Gasteiger partial charge is 0.238 e. The summed E-state index contributed by atoms with van der Waals surface area (Å²) in [5, 5.41) is 6.52. The third-order valence-electron chi connectivity index (χ3n) is 4.35. The first kappa shape index (κ1) is 21.9. The van der Waals surface area contributed by atoms with Crippen LogP contribution in [0, 0.1) is 12.8 Å². The summed E-state index contributed by atoms with van der Waals surface area (Å²) in [4.78, 5) is 27.1. The van der Waals surface area contributed by atoms with Gasteiger partial charge in [-0.2, -0.15) is 0 Å². The lowest BCUT2D eigenvalue weighted by Gasteiger charge is -2.22. The zero-order chi connectivity index (χ0) is 20.8. The summed E-state index contributed by atoms with van der Waals surface area (Å²) in [7, 11) is 3.66. The van der Waals surface area contributed by atoms with Gasteiger partial charge in [0.2, 0.25) is 11.8 Å². The molecule has 0 heterocycles. The molecule has 0 aliphatic carbocycles. The first-order valence-corrected chi connectivity index (χ1v) is 9.66. The summed E-state index contributed by atoms with van der Waals surface area (Å²) in [6.45, 7) is 6.23. The molecule has 0 bridgehead atoms. The van der Waals surface area contributed by atoms with Gasteiger partial charge in [0.15, 0.2) is 0 Å². The van der Waals surface area contributed by atoms with Gasteiger partial charge in [0, 0.05) is 5.02 Å². The Balaban J connectivity index is 2.26. The van der Waals surface area contributed by atoms with E-state index in [-0.39, 0.29) is 30.2 Å². The van der Waals surface area contributed by atoms with Crippen LogP contribution in [0.2, 0.25) is 5.02 Å². The highest BCUT2D eigenvalue weighted by Crippen LogP contribution is 2.30. The number of anilines is 2. The fourth-order valence-corrected chi connectivity index (χ4v) is 3.19. The van der Waals surface area contributed by atoms with Crippen LogP contribution in [-0.2, 0) is 9.59 Å². The van der Waals surface area contributed by atoms with Crippen molar-refractivity contribution in [1.82, 2.24) is 4.90 Å². The van der Waals surface area contributed by atoms with E-state index in [4.69, 9.17) is 11.6 Å². The zero-order valence-electron chi connectivity index (χ0n) is 17.0. The molecule has 0 spiro atoms. The molecule has 2 rings (SSSR count). The number of nitrogens with one attached hydrogen (secondary N) is 2. The second kappa shape index (κ2) is 9.71. The average molecular weight is 402 g/mol. The normalized spacial score (nSPS) is 12.1. The van der Waals surface area contributed by atoms with E-state index in [1.165, 1.54) is 0 Å². The van der Waals surface area contributed by atoms with Gasteiger partial charge in [0.1, 0.15) is 0 Å². The molecular weight excluding hydrogens is 374 g/mol. The standard InChI is InChI=1S/C22H28ClN3O2/c1-14(2)21(16-7-9-17(23)10-8-16)22(28)25-19-12-15(3)6-11-18(19)24-20(27)13-26(4)5/h6-12,14,21H,13H2,1-5H3,(H,24,27)(H,25,28). The van der Waals surface area contributed by atoms with Crippen molar-refractivity contribution in [2.24, 2.45) is 5.92 Å². The molecule has 150 valence electrons. The minimum Gasteiger partial charge on any atom is -0.324 e. The van der Waals surface area contributed by atoms with Gasteiger partial charge in [-0.15, -0.1) is 0 Å². The summed E-state index contributed by atoms with van der Waals surface area (Å²) in [5.74, 6) is -0.491. The third kappa shape index (κ3) is 6.08. The predicted octanol–water partition coefficient (Wildman–Crippen LogP) is 4.53. The van der Waals surface area contributed by atoms with Crippen molar-refractivity contribution in [3.8, 4) is 0 Å². The van der Waals surface area contributed by atoms with Gasteiger partial charge in [0.05, 0.1) is 23.8 Å². The molecule has 0 saturated carbocycles. The second-order valence-electron chi connectivity index (χ2n) is 7.60. The Kier molecular flexibility index (Phi) is 7.61. The van der Waals surface area contributed by atoms with E-state index in [9.17, 15) is 9.59 Å². The fraction of sp³-hybridized carbons (Fsp3) is 0.364. The van der Waals surface area contributed by atoms with E-state index >= 15 is 0 Å². The van der Waals surface area contributed by atoms with Gasteiger partial charge in [-0.3, -0.25) is 9.59 Å².